The maximum absolute atomic E-state index is 12.7. The van der Waals surface area contributed by atoms with Crippen molar-refractivity contribution < 1.29 is 28.5 Å². The monoisotopic (exact) mass is 422 g/mol. The van der Waals surface area contributed by atoms with E-state index in [0.29, 0.717) is 33.9 Å². The van der Waals surface area contributed by atoms with Crippen LogP contribution in [0.15, 0.2) is 53.6 Å². The first-order chi connectivity index (χ1) is 14.5. The van der Waals surface area contributed by atoms with Gasteiger partial charge in [0.15, 0.2) is 17.3 Å². The van der Waals surface area contributed by atoms with Gasteiger partial charge in [-0.3, -0.25) is 4.79 Å². The van der Waals surface area contributed by atoms with Crippen LogP contribution in [0.2, 0.25) is 0 Å². The number of Topliss-reactive ketones (excluding diaryl/α,β-unsaturated/α-hetero) is 1. The molecule has 1 aliphatic heterocycles. The van der Waals surface area contributed by atoms with Gasteiger partial charge in [0, 0.05) is 17.0 Å². The fourth-order valence-corrected chi connectivity index (χ4v) is 3.81. The molecule has 1 aromatic heterocycles. The van der Waals surface area contributed by atoms with E-state index in [2.05, 4.69) is 0 Å². The van der Waals surface area contributed by atoms with Crippen LogP contribution in [0.25, 0.3) is 6.08 Å². The van der Waals surface area contributed by atoms with Crippen LogP contribution in [0.1, 0.15) is 31.2 Å². The Kier molecular flexibility index (Phi) is 5.29. The number of hydrogen-bond acceptors (Lipinski definition) is 7. The molecule has 1 aliphatic rings. The summed E-state index contributed by atoms with van der Waals surface area (Å²) in [5, 5.41) is 1.93. The molecule has 0 unspecified atom stereocenters. The van der Waals surface area contributed by atoms with Gasteiger partial charge in [0.25, 0.3) is 0 Å². The van der Waals surface area contributed by atoms with E-state index in [9.17, 15) is 9.59 Å². The Bertz CT molecular complexity index is 1160. The van der Waals surface area contributed by atoms with Crippen molar-refractivity contribution in [2.75, 3.05) is 14.2 Å². The second kappa shape index (κ2) is 8.04. The van der Waals surface area contributed by atoms with Crippen molar-refractivity contribution in [1.82, 2.24) is 0 Å². The van der Waals surface area contributed by atoms with Gasteiger partial charge >= 0.3 is 5.97 Å². The summed E-state index contributed by atoms with van der Waals surface area (Å²) in [5.74, 6) is 1.10. The van der Waals surface area contributed by atoms with Crippen LogP contribution in [-0.2, 0) is 0 Å². The Labute approximate surface area is 177 Å². The predicted octanol–water partition coefficient (Wildman–Crippen LogP) is 4.91. The average Bonchev–Trinajstić information content (AvgIpc) is 3.35. The number of carbonyl (C=O) groups is 2. The Balaban J connectivity index is 1.59. The van der Waals surface area contributed by atoms with Gasteiger partial charge < -0.3 is 18.9 Å². The van der Waals surface area contributed by atoms with E-state index in [1.807, 2.05) is 17.5 Å². The smallest absolute Gasteiger partial charge is 0.343 e. The molecule has 0 N–H and O–H groups in total. The highest BCUT2D eigenvalue weighted by atomic mass is 32.1. The normalized spacial score (nSPS) is 13.7. The number of rotatable bonds is 5. The van der Waals surface area contributed by atoms with E-state index in [1.54, 1.807) is 43.3 Å². The number of fused-ring (bicyclic) bond motifs is 1. The molecule has 0 fully saturated rings. The minimum atomic E-state index is -0.561. The van der Waals surface area contributed by atoms with E-state index in [4.69, 9.17) is 18.9 Å². The van der Waals surface area contributed by atoms with E-state index < -0.39 is 5.97 Å². The SMILES string of the molecule is COc1ccc(C(=O)Oc2cc(C)c3c(c2)O/C(=C\c2cccs2)C3=O)cc1OC. The van der Waals surface area contributed by atoms with Crippen LogP contribution >= 0.6 is 11.3 Å². The van der Waals surface area contributed by atoms with Crippen LogP contribution in [-0.4, -0.2) is 26.0 Å². The minimum Gasteiger partial charge on any atom is -0.493 e. The summed E-state index contributed by atoms with van der Waals surface area (Å²) in [6, 6.07) is 11.8. The van der Waals surface area contributed by atoms with Gasteiger partial charge in [0.2, 0.25) is 5.78 Å². The molecule has 0 radical (unpaired) electrons. The van der Waals surface area contributed by atoms with Crippen molar-refractivity contribution in [3.63, 3.8) is 0 Å². The molecule has 0 saturated carbocycles. The molecule has 3 aromatic rings. The fraction of sp³-hybridized carbons (Fsp3) is 0.130. The number of methoxy groups -OCH3 is 2. The van der Waals surface area contributed by atoms with Gasteiger partial charge in [0.05, 0.1) is 25.3 Å². The molecule has 2 aromatic carbocycles. The molecule has 152 valence electrons. The van der Waals surface area contributed by atoms with Gasteiger partial charge in [-0.15, -0.1) is 11.3 Å². The van der Waals surface area contributed by atoms with Gasteiger partial charge in [-0.05, 0) is 48.2 Å². The van der Waals surface area contributed by atoms with E-state index in [0.717, 1.165) is 4.88 Å². The van der Waals surface area contributed by atoms with Crippen molar-refractivity contribution in [2.45, 2.75) is 6.92 Å². The maximum Gasteiger partial charge on any atom is 0.343 e. The van der Waals surface area contributed by atoms with Crippen molar-refractivity contribution in [3.8, 4) is 23.0 Å². The molecule has 30 heavy (non-hydrogen) atoms. The summed E-state index contributed by atoms with van der Waals surface area (Å²) in [5.41, 5.74) is 1.45. The third kappa shape index (κ3) is 3.67. The van der Waals surface area contributed by atoms with Gasteiger partial charge in [-0.1, -0.05) is 6.07 Å². The zero-order valence-corrected chi connectivity index (χ0v) is 17.4. The first-order valence-corrected chi connectivity index (χ1v) is 9.94. The topological polar surface area (TPSA) is 71.1 Å². The quantitative estimate of drug-likeness (QED) is 0.331. The van der Waals surface area contributed by atoms with Gasteiger partial charge in [-0.2, -0.15) is 0 Å². The highest BCUT2D eigenvalue weighted by molar-refractivity contribution is 7.10. The predicted molar refractivity (Wildman–Crippen MR) is 113 cm³/mol. The summed E-state index contributed by atoms with van der Waals surface area (Å²) in [7, 11) is 3.01. The number of esters is 1. The largest absolute Gasteiger partial charge is 0.493 e. The second-order valence-corrected chi connectivity index (χ2v) is 7.51. The lowest BCUT2D eigenvalue weighted by Crippen LogP contribution is -2.09. The lowest BCUT2D eigenvalue weighted by molar-refractivity contribution is 0.0734. The number of ether oxygens (including phenoxy) is 4. The van der Waals surface area contributed by atoms with Crippen LogP contribution in [0.4, 0.5) is 0 Å². The summed E-state index contributed by atoms with van der Waals surface area (Å²) in [6.45, 7) is 1.78. The number of thiophene rings is 1. The van der Waals surface area contributed by atoms with Crippen LogP contribution in [0, 0.1) is 6.92 Å². The molecule has 4 rings (SSSR count). The second-order valence-electron chi connectivity index (χ2n) is 6.53. The third-order valence-corrected chi connectivity index (χ3v) is 5.41. The third-order valence-electron chi connectivity index (χ3n) is 4.59. The van der Waals surface area contributed by atoms with Gasteiger partial charge in [0.1, 0.15) is 11.5 Å². The van der Waals surface area contributed by atoms with Crippen molar-refractivity contribution >= 4 is 29.2 Å². The van der Waals surface area contributed by atoms with E-state index in [1.165, 1.54) is 25.6 Å². The fourth-order valence-electron chi connectivity index (χ4n) is 3.17. The Morgan fingerprint density at radius 3 is 2.57 bits per heavy atom. The number of carbonyl (C=O) groups excluding carboxylic acids is 2. The molecular weight excluding hydrogens is 404 g/mol. The molecule has 2 heterocycles. The zero-order valence-electron chi connectivity index (χ0n) is 16.6. The van der Waals surface area contributed by atoms with Gasteiger partial charge in [-0.25, -0.2) is 4.79 Å². The standard InChI is InChI=1S/C23H18O6S/c1-13-9-15(28-23(25)14-6-7-17(26-2)18(10-14)27-3)11-19-21(13)22(24)20(29-19)12-16-5-4-8-30-16/h4-12H,1-3H3/b20-12-. The number of hydrogen-bond donors (Lipinski definition) is 0. The lowest BCUT2D eigenvalue weighted by Gasteiger charge is -2.10. The van der Waals surface area contributed by atoms with E-state index >= 15 is 0 Å². The highest BCUT2D eigenvalue weighted by Gasteiger charge is 2.30. The molecular formula is C23H18O6S. The summed E-state index contributed by atoms with van der Waals surface area (Å²) in [4.78, 5) is 26.2. The summed E-state index contributed by atoms with van der Waals surface area (Å²) < 4.78 is 21.7. The number of benzene rings is 2. The maximum atomic E-state index is 12.7. The number of allylic oxidation sites excluding steroid dienone is 1. The molecule has 7 heteroatoms. The lowest BCUT2D eigenvalue weighted by atomic mass is 10.0. The number of ketones is 1. The van der Waals surface area contributed by atoms with Crippen molar-refractivity contribution in [2.24, 2.45) is 0 Å². The first kappa shape index (κ1) is 19.7. The minimum absolute atomic E-state index is 0.186. The highest BCUT2D eigenvalue weighted by Crippen LogP contribution is 2.38. The Morgan fingerprint density at radius 2 is 1.87 bits per heavy atom. The first-order valence-electron chi connectivity index (χ1n) is 9.06. The molecule has 0 saturated heterocycles. The average molecular weight is 422 g/mol. The Hall–Kier alpha value is -3.58. The van der Waals surface area contributed by atoms with Crippen molar-refractivity contribution in [1.29, 1.82) is 0 Å². The van der Waals surface area contributed by atoms with E-state index in [-0.39, 0.29) is 17.3 Å². The molecule has 0 amide bonds. The molecule has 6 nitrogen and oxygen atoms in total. The molecule has 0 spiro atoms. The molecule has 0 aliphatic carbocycles. The summed E-state index contributed by atoms with van der Waals surface area (Å²) in [6.07, 6.45) is 1.71. The van der Waals surface area contributed by atoms with Crippen LogP contribution < -0.4 is 18.9 Å². The van der Waals surface area contributed by atoms with Crippen molar-refractivity contribution in [3.05, 3.63) is 75.2 Å². The zero-order chi connectivity index (χ0) is 21.3. The Morgan fingerprint density at radius 1 is 1.07 bits per heavy atom. The molecule has 0 bridgehead atoms. The summed E-state index contributed by atoms with van der Waals surface area (Å²) >= 11 is 1.51. The van der Waals surface area contributed by atoms with Crippen LogP contribution in [0.5, 0.6) is 23.0 Å². The van der Waals surface area contributed by atoms with Crippen LogP contribution in [0.3, 0.4) is 0 Å². The number of aryl methyl sites for hydroxylation is 1. The molecule has 0 atom stereocenters.